The Kier molecular flexibility index (Phi) is 6.54. The summed E-state index contributed by atoms with van der Waals surface area (Å²) in [7, 11) is 0. The Morgan fingerprint density at radius 1 is 0.535 bits per heavy atom. The maximum absolute atomic E-state index is 5.18. The number of anilines is 1. The lowest BCUT2D eigenvalue weighted by molar-refractivity contribution is 0.664. The monoisotopic (exact) mass is 571 g/mol. The summed E-state index contributed by atoms with van der Waals surface area (Å²) in [5.41, 5.74) is 10.3. The van der Waals surface area contributed by atoms with Crippen LogP contribution in [0.2, 0.25) is 0 Å². The van der Waals surface area contributed by atoms with Gasteiger partial charge in [-0.1, -0.05) is 139 Å². The zero-order chi connectivity index (χ0) is 28.6. The lowest BCUT2D eigenvalue weighted by Gasteiger charge is -2.25. The molecule has 0 amide bonds. The molecule has 0 saturated heterocycles. The van der Waals surface area contributed by atoms with E-state index in [0.717, 1.165) is 28.1 Å². The number of hydrogen-bond donors (Lipinski definition) is 2. The Morgan fingerprint density at radius 2 is 1.19 bits per heavy atom. The number of rotatable bonds is 5. The minimum absolute atomic E-state index is 0.204. The molecule has 3 nitrogen and oxygen atoms in total. The first-order valence-electron chi connectivity index (χ1n) is 14.6. The summed E-state index contributed by atoms with van der Waals surface area (Å²) in [6, 6.07) is 51.6. The van der Waals surface area contributed by atoms with Crippen molar-refractivity contribution in [3.63, 3.8) is 0 Å². The minimum atomic E-state index is -0.204. The molecule has 2 aliphatic rings. The number of nitrogens with zero attached hydrogens (tertiary/aromatic N) is 1. The van der Waals surface area contributed by atoms with Crippen LogP contribution in [0.3, 0.4) is 0 Å². The van der Waals surface area contributed by atoms with Gasteiger partial charge < -0.3 is 10.6 Å². The highest BCUT2D eigenvalue weighted by atomic mass is 32.2. The topological polar surface area (TPSA) is 36.4 Å². The first kappa shape index (κ1) is 25.6. The van der Waals surface area contributed by atoms with Gasteiger partial charge >= 0.3 is 0 Å². The molecule has 2 unspecified atom stereocenters. The molecule has 2 N–H and O–H groups in total. The number of hydrogen-bond acceptors (Lipinski definition) is 4. The summed E-state index contributed by atoms with van der Waals surface area (Å²) in [4.78, 5) is 6.48. The van der Waals surface area contributed by atoms with E-state index in [1.165, 1.54) is 38.0 Å². The van der Waals surface area contributed by atoms with Crippen LogP contribution in [0.5, 0.6) is 0 Å². The van der Waals surface area contributed by atoms with Crippen molar-refractivity contribution in [2.45, 2.75) is 16.4 Å². The summed E-state index contributed by atoms with van der Waals surface area (Å²) in [6.45, 7) is 0. The Morgan fingerprint density at radius 3 is 1.98 bits per heavy atom. The van der Waals surface area contributed by atoms with Crippen LogP contribution < -0.4 is 10.6 Å². The number of allylic oxidation sites excluding steroid dienone is 1. The zero-order valence-electron chi connectivity index (χ0n) is 23.4. The highest BCUT2D eigenvalue weighted by Gasteiger charge is 2.25. The SMILES string of the molecule is C1=C(c2ccccc2)NC(c2cccc(-c3ccc4ccc5c(c4c3)NC(c3ccccc3)S5)c2)N=C1c1ccccc1. The van der Waals surface area contributed by atoms with E-state index >= 15 is 0 Å². The molecule has 8 rings (SSSR count). The molecule has 2 aliphatic heterocycles. The molecule has 0 radical (unpaired) electrons. The van der Waals surface area contributed by atoms with Gasteiger partial charge in [-0.15, -0.1) is 0 Å². The first-order valence-corrected chi connectivity index (χ1v) is 15.5. The summed E-state index contributed by atoms with van der Waals surface area (Å²) in [5, 5.41) is 10.2. The molecule has 0 spiro atoms. The van der Waals surface area contributed by atoms with Crippen molar-refractivity contribution in [3.8, 4) is 11.1 Å². The highest BCUT2D eigenvalue weighted by Crippen LogP contribution is 2.49. The fourth-order valence-corrected chi connectivity index (χ4v) is 7.08. The van der Waals surface area contributed by atoms with E-state index < -0.39 is 0 Å². The van der Waals surface area contributed by atoms with Crippen LogP contribution >= 0.6 is 11.8 Å². The predicted octanol–water partition coefficient (Wildman–Crippen LogP) is 9.86. The van der Waals surface area contributed by atoms with Gasteiger partial charge in [-0.3, -0.25) is 4.99 Å². The molecule has 0 bridgehead atoms. The average Bonchev–Trinajstić information content (AvgIpc) is 3.54. The summed E-state index contributed by atoms with van der Waals surface area (Å²) in [5.74, 6) is 0. The van der Waals surface area contributed by atoms with Gasteiger partial charge in [0.25, 0.3) is 0 Å². The quantitative estimate of drug-likeness (QED) is 0.216. The van der Waals surface area contributed by atoms with E-state index in [1.807, 2.05) is 17.8 Å². The second-order valence-corrected chi connectivity index (χ2v) is 12.1. The zero-order valence-corrected chi connectivity index (χ0v) is 24.3. The van der Waals surface area contributed by atoms with Gasteiger partial charge in [0.15, 0.2) is 0 Å². The van der Waals surface area contributed by atoms with Crippen LogP contribution in [0.4, 0.5) is 5.69 Å². The third-order valence-corrected chi connectivity index (χ3v) is 9.36. The van der Waals surface area contributed by atoms with Gasteiger partial charge in [-0.25, -0.2) is 0 Å². The number of fused-ring (bicyclic) bond motifs is 3. The van der Waals surface area contributed by atoms with Gasteiger partial charge in [0.1, 0.15) is 11.5 Å². The molecular formula is C39H29N3S. The summed E-state index contributed by atoms with van der Waals surface area (Å²) < 4.78 is 0. The number of nitrogens with one attached hydrogen (secondary N) is 2. The smallest absolute Gasteiger partial charge is 0.145 e. The normalized spacial score (nSPS) is 17.4. The van der Waals surface area contributed by atoms with Crippen LogP contribution in [-0.4, -0.2) is 5.71 Å². The van der Waals surface area contributed by atoms with Crippen LogP contribution in [0, 0.1) is 0 Å². The average molecular weight is 572 g/mol. The first-order chi connectivity index (χ1) is 21.3. The van der Waals surface area contributed by atoms with Crippen molar-refractivity contribution < 1.29 is 0 Å². The van der Waals surface area contributed by atoms with Gasteiger partial charge in [-0.2, -0.15) is 0 Å². The van der Waals surface area contributed by atoms with Crippen molar-refractivity contribution in [3.05, 3.63) is 174 Å². The largest absolute Gasteiger partial charge is 0.368 e. The lowest BCUT2D eigenvalue weighted by Crippen LogP contribution is -2.24. The molecule has 206 valence electrons. The van der Waals surface area contributed by atoms with Crippen molar-refractivity contribution in [2.75, 3.05) is 5.32 Å². The number of thioether (sulfide) groups is 1. The lowest BCUT2D eigenvalue weighted by atomic mass is 9.97. The summed E-state index contributed by atoms with van der Waals surface area (Å²) >= 11 is 1.88. The van der Waals surface area contributed by atoms with Crippen molar-refractivity contribution in [1.29, 1.82) is 0 Å². The van der Waals surface area contributed by atoms with E-state index in [9.17, 15) is 0 Å². The Labute approximate surface area is 256 Å². The maximum Gasteiger partial charge on any atom is 0.145 e. The van der Waals surface area contributed by atoms with E-state index in [4.69, 9.17) is 4.99 Å². The van der Waals surface area contributed by atoms with Crippen molar-refractivity contribution >= 4 is 39.6 Å². The Hall–Kier alpha value is -5.06. The molecule has 0 saturated carbocycles. The Bertz CT molecular complexity index is 2000. The molecule has 43 heavy (non-hydrogen) atoms. The fourth-order valence-electron chi connectivity index (χ4n) is 5.92. The summed E-state index contributed by atoms with van der Waals surface area (Å²) in [6.07, 6.45) is 1.95. The standard InChI is InChI=1S/C39H29N3S/c1-4-11-27(12-5-1)34-25-35(28-13-6-2-7-14-28)41-38(40-34)32-18-10-17-30(23-32)31-20-19-26-21-22-36-37(33(26)24-31)42-39(43-36)29-15-8-3-9-16-29/h1-25,38-40,42H. The van der Waals surface area contributed by atoms with E-state index in [1.54, 1.807) is 0 Å². The molecule has 4 heteroatoms. The Balaban J connectivity index is 1.15. The number of aliphatic imine (C=N–C) groups is 1. The van der Waals surface area contributed by atoms with Crippen LogP contribution in [-0.2, 0) is 0 Å². The highest BCUT2D eigenvalue weighted by molar-refractivity contribution is 8.00. The molecular weight excluding hydrogens is 543 g/mol. The molecule has 2 heterocycles. The van der Waals surface area contributed by atoms with Gasteiger partial charge in [-0.05, 0) is 63.0 Å². The molecule has 2 atom stereocenters. The minimum Gasteiger partial charge on any atom is -0.368 e. The third-order valence-electron chi connectivity index (χ3n) is 8.14. The molecule has 6 aromatic carbocycles. The molecule has 0 aromatic heterocycles. The van der Waals surface area contributed by atoms with Gasteiger partial charge in [0, 0.05) is 16.0 Å². The van der Waals surface area contributed by atoms with E-state index in [0.29, 0.717) is 0 Å². The molecule has 0 aliphatic carbocycles. The van der Waals surface area contributed by atoms with Crippen molar-refractivity contribution in [2.24, 2.45) is 4.99 Å². The second-order valence-electron chi connectivity index (χ2n) is 10.9. The van der Waals surface area contributed by atoms with Crippen molar-refractivity contribution in [1.82, 2.24) is 5.32 Å². The van der Waals surface area contributed by atoms with Crippen LogP contribution in [0.1, 0.15) is 33.8 Å². The maximum atomic E-state index is 5.18. The second kappa shape index (κ2) is 11.0. The van der Waals surface area contributed by atoms with Gasteiger partial charge in [0.2, 0.25) is 0 Å². The third kappa shape index (κ3) is 5.00. The predicted molar refractivity (Wildman–Crippen MR) is 181 cm³/mol. The van der Waals surface area contributed by atoms with Gasteiger partial charge in [0.05, 0.1) is 11.4 Å². The fraction of sp³-hybridized carbons (Fsp3) is 0.0513. The van der Waals surface area contributed by atoms with Crippen LogP contribution in [0.15, 0.2) is 162 Å². The molecule has 0 fully saturated rings. The van der Waals surface area contributed by atoms with E-state index in [2.05, 4.69) is 156 Å². The van der Waals surface area contributed by atoms with Crippen LogP contribution in [0.25, 0.3) is 27.6 Å². The number of benzene rings is 6. The van der Waals surface area contributed by atoms with E-state index in [-0.39, 0.29) is 11.5 Å². The molecule has 6 aromatic rings.